The summed E-state index contributed by atoms with van der Waals surface area (Å²) in [6, 6.07) is 12.7. The maximum absolute atomic E-state index is 9.10. The molecule has 0 aliphatic carbocycles. The van der Waals surface area contributed by atoms with Gasteiger partial charge in [0, 0.05) is 28.9 Å². The standard InChI is InChI=1S/C16H19BrN4O2/c17-15-11-14(21(7-9-22)8-10-23)5-6-16(15)20-19-13-3-1-12(18)2-4-13/h1-6,11,22-23H,7-10,18H2/b20-19+. The molecule has 0 saturated heterocycles. The summed E-state index contributed by atoms with van der Waals surface area (Å²) in [7, 11) is 0. The van der Waals surface area contributed by atoms with Gasteiger partial charge in [-0.1, -0.05) is 0 Å². The minimum Gasteiger partial charge on any atom is -0.399 e. The molecular weight excluding hydrogens is 360 g/mol. The first-order chi connectivity index (χ1) is 11.1. The molecule has 0 saturated carbocycles. The van der Waals surface area contributed by atoms with Crippen LogP contribution in [0.5, 0.6) is 0 Å². The van der Waals surface area contributed by atoms with Gasteiger partial charge >= 0.3 is 0 Å². The van der Waals surface area contributed by atoms with E-state index in [1.807, 2.05) is 23.1 Å². The lowest BCUT2D eigenvalue weighted by atomic mass is 10.2. The average Bonchev–Trinajstić information content (AvgIpc) is 2.55. The average molecular weight is 379 g/mol. The third kappa shape index (κ3) is 5.02. The van der Waals surface area contributed by atoms with E-state index >= 15 is 0 Å². The fourth-order valence-electron chi connectivity index (χ4n) is 2.04. The van der Waals surface area contributed by atoms with Crippen LogP contribution in [0.15, 0.2) is 57.2 Å². The van der Waals surface area contributed by atoms with Crippen LogP contribution in [0.3, 0.4) is 0 Å². The second-order valence-corrected chi connectivity index (χ2v) is 5.72. The van der Waals surface area contributed by atoms with Crippen LogP contribution in [0.1, 0.15) is 0 Å². The van der Waals surface area contributed by atoms with Gasteiger partial charge in [0.15, 0.2) is 0 Å². The Morgan fingerprint density at radius 1 is 0.957 bits per heavy atom. The first kappa shape index (κ1) is 17.4. The highest BCUT2D eigenvalue weighted by molar-refractivity contribution is 9.10. The Morgan fingerprint density at radius 2 is 1.61 bits per heavy atom. The molecular formula is C16H19BrN4O2. The molecule has 0 aliphatic rings. The number of anilines is 2. The lowest BCUT2D eigenvalue weighted by Crippen LogP contribution is -2.29. The van der Waals surface area contributed by atoms with Crippen LogP contribution in [-0.4, -0.2) is 36.5 Å². The van der Waals surface area contributed by atoms with E-state index in [9.17, 15) is 0 Å². The first-order valence-corrected chi connectivity index (χ1v) is 7.97. The summed E-state index contributed by atoms with van der Waals surface area (Å²) in [5.74, 6) is 0. The van der Waals surface area contributed by atoms with Gasteiger partial charge in [0.2, 0.25) is 0 Å². The van der Waals surface area contributed by atoms with E-state index in [4.69, 9.17) is 15.9 Å². The van der Waals surface area contributed by atoms with Crippen molar-refractivity contribution in [2.24, 2.45) is 10.2 Å². The molecule has 0 spiro atoms. The Hall–Kier alpha value is -1.96. The molecule has 2 aromatic rings. The number of nitrogens with zero attached hydrogens (tertiary/aromatic N) is 3. The maximum Gasteiger partial charge on any atom is 0.1000 e. The van der Waals surface area contributed by atoms with Crippen LogP contribution in [0.25, 0.3) is 0 Å². The first-order valence-electron chi connectivity index (χ1n) is 7.17. The van der Waals surface area contributed by atoms with E-state index in [-0.39, 0.29) is 13.2 Å². The Morgan fingerprint density at radius 3 is 2.17 bits per heavy atom. The van der Waals surface area contributed by atoms with Gasteiger partial charge in [0.1, 0.15) is 0 Å². The number of hydrogen-bond acceptors (Lipinski definition) is 6. The molecule has 0 aliphatic heterocycles. The largest absolute Gasteiger partial charge is 0.399 e. The second kappa shape index (κ2) is 8.61. The summed E-state index contributed by atoms with van der Waals surface area (Å²) < 4.78 is 0.787. The summed E-state index contributed by atoms with van der Waals surface area (Å²) in [6.45, 7) is 0.963. The lowest BCUT2D eigenvalue weighted by molar-refractivity contribution is 0.281. The van der Waals surface area contributed by atoms with Gasteiger partial charge in [0.05, 0.1) is 24.6 Å². The molecule has 0 heterocycles. The fourth-order valence-corrected chi connectivity index (χ4v) is 2.48. The van der Waals surface area contributed by atoms with Crippen molar-refractivity contribution in [1.82, 2.24) is 0 Å². The van der Waals surface area contributed by atoms with Crippen molar-refractivity contribution in [2.45, 2.75) is 0 Å². The SMILES string of the molecule is Nc1ccc(/N=N/c2ccc(N(CCO)CCO)cc2Br)cc1. The van der Waals surface area contributed by atoms with Gasteiger partial charge in [-0.2, -0.15) is 5.11 Å². The molecule has 23 heavy (non-hydrogen) atoms. The van der Waals surface area contributed by atoms with E-state index in [1.165, 1.54) is 0 Å². The van der Waals surface area contributed by atoms with Gasteiger partial charge < -0.3 is 20.8 Å². The Kier molecular flexibility index (Phi) is 6.52. The third-order valence-electron chi connectivity index (χ3n) is 3.20. The van der Waals surface area contributed by atoms with Crippen molar-refractivity contribution >= 4 is 38.7 Å². The number of rotatable bonds is 7. The molecule has 122 valence electrons. The van der Waals surface area contributed by atoms with Crippen molar-refractivity contribution in [3.8, 4) is 0 Å². The minimum atomic E-state index is 0.0240. The van der Waals surface area contributed by atoms with E-state index in [2.05, 4.69) is 26.2 Å². The summed E-state index contributed by atoms with van der Waals surface area (Å²) in [6.07, 6.45) is 0. The van der Waals surface area contributed by atoms with E-state index in [0.717, 1.165) is 15.8 Å². The smallest absolute Gasteiger partial charge is 0.1000 e. The summed E-state index contributed by atoms with van der Waals surface area (Å²) in [5.41, 5.74) is 8.62. The predicted molar refractivity (Wildman–Crippen MR) is 95.6 cm³/mol. The van der Waals surface area contributed by atoms with Gasteiger partial charge in [0.25, 0.3) is 0 Å². The molecule has 0 fully saturated rings. The summed E-state index contributed by atoms with van der Waals surface area (Å²) >= 11 is 3.48. The molecule has 7 heteroatoms. The normalized spacial score (nSPS) is 11.1. The molecule has 0 amide bonds. The van der Waals surface area contributed by atoms with Crippen LogP contribution in [0.2, 0.25) is 0 Å². The molecule has 0 atom stereocenters. The van der Waals surface area contributed by atoms with Crippen molar-refractivity contribution in [3.63, 3.8) is 0 Å². The number of azo groups is 1. The van der Waals surface area contributed by atoms with Gasteiger partial charge in [-0.25, -0.2) is 0 Å². The topological polar surface area (TPSA) is 94.4 Å². The summed E-state index contributed by atoms with van der Waals surface area (Å²) in [4.78, 5) is 1.89. The zero-order valence-electron chi connectivity index (χ0n) is 12.6. The molecule has 6 nitrogen and oxygen atoms in total. The van der Waals surface area contributed by atoms with Crippen LogP contribution in [0.4, 0.5) is 22.7 Å². The molecule has 0 radical (unpaired) electrons. The number of aliphatic hydroxyl groups is 2. The second-order valence-electron chi connectivity index (χ2n) is 4.86. The Balaban J connectivity index is 2.16. The van der Waals surface area contributed by atoms with Crippen molar-refractivity contribution < 1.29 is 10.2 Å². The lowest BCUT2D eigenvalue weighted by Gasteiger charge is -2.23. The predicted octanol–water partition coefficient (Wildman–Crippen LogP) is 3.24. The maximum atomic E-state index is 9.10. The highest BCUT2D eigenvalue weighted by Gasteiger charge is 2.08. The number of benzene rings is 2. The van der Waals surface area contributed by atoms with Crippen molar-refractivity contribution in [2.75, 3.05) is 36.9 Å². The highest BCUT2D eigenvalue weighted by atomic mass is 79.9. The van der Waals surface area contributed by atoms with Crippen LogP contribution in [0, 0.1) is 0 Å². The monoisotopic (exact) mass is 378 g/mol. The number of halogens is 1. The van der Waals surface area contributed by atoms with Crippen molar-refractivity contribution in [1.29, 1.82) is 0 Å². The molecule has 0 unspecified atom stereocenters. The van der Waals surface area contributed by atoms with Gasteiger partial charge in [-0.15, -0.1) is 5.11 Å². The van der Waals surface area contributed by atoms with E-state index in [1.54, 1.807) is 24.3 Å². The molecule has 0 aromatic heterocycles. The molecule has 0 bridgehead atoms. The molecule has 2 rings (SSSR count). The van der Waals surface area contributed by atoms with Gasteiger partial charge in [-0.3, -0.25) is 0 Å². The zero-order chi connectivity index (χ0) is 16.7. The van der Waals surface area contributed by atoms with Crippen LogP contribution >= 0.6 is 15.9 Å². The fraction of sp³-hybridized carbons (Fsp3) is 0.250. The third-order valence-corrected chi connectivity index (χ3v) is 3.84. The number of nitrogen functional groups attached to an aromatic ring is 1. The number of nitrogens with two attached hydrogens (primary N) is 1. The van der Waals surface area contributed by atoms with Crippen molar-refractivity contribution in [3.05, 3.63) is 46.9 Å². The quantitative estimate of drug-likeness (QED) is 0.509. The number of hydrogen-bond donors (Lipinski definition) is 3. The zero-order valence-corrected chi connectivity index (χ0v) is 14.1. The Bertz CT molecular complexity index is 656. The highest BCUT2D eigenvalue weighted by Crippen LogP contribution is 2.31. The number of aliphatic hydroxyl groups excluding tert-OH is 2. The molecule has 2 aromatic carbocycles. The van der Waals surface area contributed by atoms with Crippen LogP contribution in [-0.2, 0) is 0 Å². The Labute approximate surface area is 143 Å². The van der Waals surface area contributed by atoms with E-state index in [0.29, 0.717) is 24.5 Å². The van der Waals surface area contributed by atoms with E-state index < -0.39 is 0 Å². The van der Waals surface area contributed by atoms with Crippen LogP contribution < -0.4 is 10.6 Å². The summed E-state index contributed by atoms with van der Waals surface area (Å²) in [5, 5.41) is 26.6. The molecule has 4 N–H and O–H groups in total. The minimum absolute atomic E-state index is 0.0240. The van der Waals surface area contributed by atoms with Gasteiger partial charge in [-0.05, 0) is 58.4 Å².